The lowest BCUT2D eigenvalue weighted by Gasteiger charge is -2.39. The Morgan fingerprint density at radius 2 is 1.21 bits per heavy atom. The number of carbonyl (C=O) groups excluding carboxylic acids is 2. The summed E-state index contributed by atoms with van der Waals surface area (Å²) in [5.74, 6) is 0.504. The summed E-state index contributed by atoms with van der Waals surface area (Å²) in [6, 6.07) is 3.59. The Labute approximate surface area is 252 Å². The Kier molecular flexibility index (Phi) is 9.47. The third kappa shape index (κ3) is 5.46. The first kappa shape index (κ1) is 31.6. The van der Waals surface area contributed by atoms with Crippen LogP contribution in [0, 0.1) is 11.8 Å². The fourth-order valence-corrected chi connectivity index (χ4v) is 5.48. The van der Waals surface area contributed by atoms with E-state index in [0.717, 1.165) is 0 Å². The maximum atomic E-state index is 13.3. The molecule has 0 fully saturated rings. The van der Waals surface area contributed by atoms with E-state index in [1.54, 1.807) is 45.9 Å². The molecule has 10 heteroatoms. The molecule has 0 spiro atoms. The summed E-state index contributed by atoms with van der Waals surface area (Å²) < 4.78 is 47.7. The Hall–Kier alpha value is -4.34. The lowest BCUT2D eigenvalue weighted by molar-refractivity contribution is -0.156. The summed E-state index contributed by atoms with van der Waals surface area (Å²) in [4.78, 5) is 26.6. The molecule has 1 heterocycles. The zero-order valence-electron chi connectivity index (χ0n) is 26.4. The number of allylic oxidation sites excluding steroid dienone is 2. The molecule has 4 rings (SSSR count). The van der Waals surface area contributed by atoms with Crippen molar-refractivity contribution in [3.05, 3.63) is 46.6 Å². The van der Waals surface area contributed by atoms with Gasteiger partial charge in [-0.1, -0.05) is 26.0 Å². The molecule has 10 nitrogen and oxygen atoms in total. The van der Waals surface area contributed by atoms with Crippen molar-refractivity contribution in [3.63, 3.8) is 0 Å². The lowest BCUT2D eigenvalue weighted by atomic mass is 9.74. The average molecular weight is 597 g/mol. The number of esters is 2. The predicted molar refractivity (Wildman–Crippen MR) is 159 cm³/mol. The molecule has 0 N–H and O–H groups in total. The van der Waals surface area contributed by atoms with Crippen LogP contribution in [-0.4, -0.2) is 47.2 Å². The van der Waals surface area contributed by atoms with E-state index >= 15 is 0 Å². The second-order valence-electron chi connectivity index (χ2n) is 10.5. The summed E-state index contributed by atoms with van der Waals surface area (Å²) >= 11 is 0. The monoisotopic (exact) mass is 596 g/mol. The number of ether oxygens (including phenoxy) is 8. The van der Waals surface area contributed by atoms with Gasteiger partial charge in [-0.15, -0.1) is 0 Å². The van der Waals surface area contributed by atoms with Crippen LogP contribution in [0.5, 0.6) is 34.5 Å². The van der Waals surface area contributed by atoms with Crippen molar-refractivity contribution in [2.24, 2.45) is 11.8 Å². The smallest absolute Gasteiger partial charge is 0.333 e. The van der Waals surface area contributed by atoms with Gasteiger partial charge in [0.15, 0.2) is 23.0 Å². The van der Waals surface area contributed by atoms with Gasteiger partial charge in [0.2, 0.25) is 18.3 Å². The van der Waals surface area contributed by atoms with E-state index in [-0.39, 0.29) is 18.6 Å². The van der Waals surface area contributed by atoms with E-state index in [1.807, 2.05) is 19.9 Å². The molecule has 0 radical (unpaired) electrons. The molecule has 2 aromatic rings. The summed E-state index contributed by atoms with van der Waals surface area (Å²) in [5, 5.41) is 0. The van der Waals surface area contributed by atoms with Crippen LogP contribution in [0.1, 0.15) is 64.9 Å². The van der Waals surface area contributed by atoms with Crippen LogP contribution in [0.2, 0.25) is 0 Å². The number of fused-ring (bicyclic) bond motifs is 4. The Morgan fingerprint density at radius 1 is 0.721 bits per heavy atom. The number of hydrogen-bond acceptors (Lipinski definition) is 10. The number of carbonyl (C=O) groups is 2. The molecule has 1 aliphatic heterocycles. The summed E-state index contributed by atoms with van der Waals surface area (Å²) in [6.07, 6.45) is 1.75. The molecule has 0 amide bonds. The minimum atomic E-state index is -0.826. The van der Waals surface area contributed by atoms with Crippen molar-refractivity contribution < 1.29 is 47.5 Å². The maximum Gasteiger partial charge on any atom is 0.333 e. The van der Waals surface area contributed by atoms with E-state index in [9.17, 15) is 9.59 Å². The third-order valence-corrected chi connectivity index (χ3v) is 8.34. The highest BCUT2D eigenvalue weighted by Gasteiger charge is 2.44. The maximum absolute atomic E-state index is 13.3. The van der Waals surface area contributed by atoms with Gasteiger partial charge in [-0.2, -0.15) is 0 Å². The van der Waals surface area contributed by atoms with Crippen molar-refractivity contribution >= 4 is 11.9 Å². The van der Waals surface area contributed by atoms with Gasteiger partial charge in [-0.3, -0.25) is 0 Å². The van der Waals surface area contributed by atoms with Crippen molar-refractivity contribution in [1.29, 1.82) is 0 Å². The second kappa shape index (κ2) is 12.9. The van der Waals surface area contributed by atoms with Crippen LogP contribution >= 0.6 is 0 Å². The van der Waals surface area contributed by atoms with E-state index < -0.39 is 24.1 Å². The van der Waals surface area contributed by atoms with Gasteiger partial charge in [0.25, 0.3) is 0 Å². The van der Waals surface area contributed by atoms with Gasteiger partial charge in [-0.05, 0) is 39.8 Å². The Balaban J connectivity index is 2.20. The van der Waals surface area contributed by atoms with Crippen LogP contribution in [-0.2, 0) is 19.1 Å². The molecular formula is C33H40O10. The van der Waals surface area contributed by atoms with E-state index in [4.69, 9.17) is 37.9 Å². The average Bonchev–Trinajstić information content (AvgIpc) is 3.50. The molecule has 0 aromatic heterocycles. The molecule has 0 saturated heterocycles. The predicted octanol–water partition coefficient (Wildman–Crippen LogP) is 6.50. The number of rotatable bonds is 8. The second-order valence-corrected chi connectivity index (χ2v) is 10.5. The fourth-order valence-electron chi connectivity index (χ4n) is 5.48. The van der Waals surface area contributed by atoms with Crippen molar-refractivity contribution in [2.75, 3.05) is 35.2 Å². The van der Waals surface area contributed by atoms with Crippen molar-refractivity contribution in [3.8, 4) is 45.6 Å². The lowest BCUT2D eigenvalue weighted by Crippen LogP contribution is -2.31. The molecule has 1 aliphatic carbocycles. The van der Waals surface area contributed by atoms with Gasteiger partial charge in [0, 0.05) is 45.2 Å². The molecule has 2 aromatic carbocycles. The SMILES string of the molecule is CC=C(C)C(=O)O[C@H]1c2cc(OC)c(OC)c(OC)c2-c2c(cc3c(c2OC)OCO3)[C@H](OC(=O)/C(C)=C/C)[C@H](C)[C@@H]1C. The fraction of sp³-hybridized carbons (Fsp3) is 0.455. The van der Waals surface area contributed by atoms with Gasteiger partial charge >= 0.3 is 11.9 Å². The molecule has 43 heavy (non-hydrogen) atoms. The van der Waals surface area contributed by atoms with E-state index in [1.165, 1.54) is 28.4 Å². The summed E-state index contributed by atoms with van der Waals surface area (Å²) in [7, 11) is 6.07. The minimum Gasteiger partial charge on any atom is -0.493 e. The normalized spacial score (nSPS) is 21.1. The zero-order valence-corrected chi connectivity index (χ0v) is 26.4. The number of methoxy groups -OCH3 is 4. The summed E-state index contributed by atoms with van der Waals surface area (Å²) in [6.45, 7) is 10.8. The Bertz CT molecular complexity index is 1470. The first-order chi connectivity index (χ1) is 20.6. The van der Waals surface area contributed by atoms with Gasteiger partial charge in [0.05, 0.1) is 28.4 Å². The largest absolute Gasteiger partial charge is 0.493 e. The van der Waals surface area contributed by atoms with Crippen LogP contribution in [0.3, 0.4) is 0 Å². The molecule has 0 unspecified atom stereocenters. The highest BCUT2D eigenvalue weighted by atomic mass is 16.7. The van der Waals surface area contributed by atoms with Crippen molar-refractivity contribution in [2.45, 2.75) is 53.8 Å². The quantitative estimate of drug-likeness (QED) is 0.247. The first-order valence-electron chi connectivity index (χ1n) is 14.1. The molecule has 0 bridgehead atoms. The zero-order chi connectivity index (χ0) is 31.6. The van der Waals surface area contributed by atoms with Crippen LogP contribution in [0.15, 0.2) is 35.4 Å². The topological polar surface area (TPSA) is 108 Å². The standard InChI is InChI=1S/C33H40O10/c1-11-16(3)32(34)42-26-18(5)19(6)27(43-33(35)17(4)12-2)21-14-23-29(41-15-40-23)31(39-10)25(21)24-20(26)13-22(36-7)28(37-8)30(24)38-9/h11-14,18-19,26-27H,15H2,1-10H3/b16-11?,17-12+/t18-,19+,26+,27+/m0/s1. The number of benzene rings is 2. The highest BCUT2D eigenvalue weighted by molar-refractivity contribution is 5.92. The van der Waals surface area contributed by atoms with Gasteiger partial charge < -0.3 is 37.9 Å². The van der Waals surface area contributed by atoms with Crippen molar-refractivity contribution in [1.82, 2.24) is 0 Å². The first-order valence-corrected chi connectivity index (χ1v) is 14.1. The summed E-state index contributed by atoms with van der Waals surface area (Å²) in [5.41, 5.74) is 3.15. The van der Waals surface area contributed by atoms with Gasteiger partial charge in [0.1, 0.15) is 12.2 Å². The van der Waals surface area contributed by atoms with Gasteiger partial charge in [-0.25, -0.2) is 9.59 Å². The molecular weight excluding hydrogens is 556 g/mol. The molecule has 2 aliphatic rings. The molecule has 4 atom stereocenters. The van der Waals surface area contributed by atoms with Crippen LogP contribution in [0.25, 0.3) is 11.1 Å². The van der Waals surface area contributed by atoms with Crippen LogP contribution in [0.4, 0.5) is 0 Å². The highest BCUT2D eigenvalue weighted by Crippen LogP contribution is 2.60. The van der Waals surface area contributed by atoms with Crippen LogP contribution < -0.4 is 28.4 Å². The van der Waals surface area contributed by atoms with E-state index in [2.05, 4.69) is 0 Å². The Morgan fingerprint density at radius 3 is 1.67 bits per heavy atom. The molecule has 0 saturated carbocycles. The minimum absolute atomic E-state index is 0.0124. The van der Waals surface area contributed by atoms with E-state index in [0.29, 0.717) is 67.9 Å². The third-order valence-electron chi connectivity index (χ3n) is 8.34. The number of hydrogen-bond donors (Lipinski definition) is 0. The molecule has 232 valence electrons.